The Bertz CT molecular complexity index is 848. The number of anilines is 1. The van der Waals surface area contributed by atoms with Crippen LogP contribution in [0.4, 0.5) is 5.69 Å². The molecule has 0 saturated carbocycles. The summed E-state index contributed by atoms with van der Waals surface area (Å²) in [5.74, 6) is 0.657. The molecule has 0 radical (unpaired) electrons. The fourth-order valence-corrected chi connectivity index (χ4v) is 2.86. The number of hydrogen-bond donors (Lipinski definition) is 1. The molecule has 0 amide bonds. The summed E-state index contributed by atoms with van der Waals surface area (Å²) < 4.78 is 10.8. The molecule has 0 fully saturated rings. The van der Waals surface area contributed by atoms with Crippen molar-refractivity contribution < 1.29 is 14.3 Å². The molecule has 1 N–H and O–H groups in total. The zero-order valence-electron chi connectivity index (χ0n) is 15.5. The maximum Gasteiger partial charge on any atom is 0.316 e. The smallest absolute Gasteiger partial charge is 0.316 e. The quantitative estimate of drug-likeness (QED) is 0.470. The van der Waals surface area contributed by atoms with E-state index in [1.54, 1.807) is 19.2 Å². The van der Waals surface area contributed by atoms with E-state index in [2.05, 4.69) is 5.32 Å². The van der Waals surface area contributed by atoms with E-state index in [-0.39, 0.29) is 12.0 Å². The number of rotatable bonds is 7. The van der Waals surface area contributed by atoms with E-state index in [1.807, 2.05) is 79.7 Å². The lowest BCUT2D eigenvalue weighted by Gasteiger charge is -2.25. The Labute approximate surface area is 159 Å². The number of carbonyl (C=O) groups is 1. The number of esters is 1. The summed E-state index contributed by atoms with van der Waals surface area (Å²) >= 11 is 0. The van der Waals surface area contributed by atoms with E-state index >= 15 is 0 Å². The van der Waals surface area contributed by atoms with Gasteiger partial charge in [0.05, 0.1) is 19.1 Å². The van der Waals surface area contributed by atoms with E-state index < -0.39 is 5.92 Å². The molecule has 4 nitrogen and oxygen atoms in total. The van der Waals surface area contributed by atoms with Crippen molar-refractivity contribution in [3.63, 3.8) is 0 Å². The zero-order valence-corrected chi connectivity index (χ0v) is 15.5. The second-order valence-corrected chi connectivity index (χ2v) is 6.28. The summed E-state index contributed by atoms with van der Waals surface area (Å²) in [4.78, 5) is 12.7. The van der Waals surface area contributed by atoms with Crippen molar-refractivity contribution in [1.82, 2.24) is 0 Å². The fourth-order valence-electron chi connectivity index (χ4n) is 2.86. The van der Waals surface area contributed by atoms with Crippen molar-refractivity contribution in [3.05, 3.63) is 90.5 Å². The average Bonchev–Trinajstić information content (AvgIpc) is 2.73. The van der Waals surface area contributed by atoms with Crippen LogP contribution in [-0.4, -0.2) is 13.1 Å². The minimum Gasteiger partial charge on any atom is -0.497 e. The average molecular weight is 361 g/mol. The van der Waals surface area contributed by atoms with Crippen LogP contribution in [0.2, 0.25) is 0 Å². The Morgan fingerprint density at radius 3 is 2.00 bits per heavy atom. The SMILES string of the molecule is COc1ccc(N[C@@H](c2ccccc2)[C@@H](C)C(=O)Oc2ccccc2)cc1. The summed E-state index contributed by atoms with van der Waals surface area (Å²) in [6.45, 7) is 1.87. The lowest BCUT2D eigenvalue weighted by Crippen LogP contribution is -2.28. The third kappa shape index (κ3) is 4.88. The van der Waals surface area contributed by atoms with Crippen LogP contribution < -0.4 is 14.8 Å². The van der Waals surface area contributed by atoms with Crippen LogP contribution >= 0.6 is 0 Å². The predicted molar refractivity (Wildman–Crippen MR) is 107 cm³/mol. The van der Waals surface area contributed by atoms with Gasteiger partial charge >= 0.3 is 5.97 Å². The topological polar surface area (TPSA) is 47.6 Å². The molecule has 4 heteroatoms. The largest absolute Gasteiger partial charge is 0.497 e. The first-order chi connectivity index (χ1) is 13.2. The first kappa shape index (κ1) is 18.5. The molecule has 0 saturated heterocycles. The first-order valence-electron chi connectivity index (χ1n) is 8.89. The number of para-hydroxylation sites is 1. The molecular formula is C23H23NO3. The van der Waals surface area contributed by atoms with Crippen molar-refractivity contribution in [3.8, 4) is 11.5 Å². The minimum absolute atomic E-state index is 0.226. The van der Waals surface area contributed by atoms with Crippen LogP contribution in [-0.2, 0) is 4.79 Å². The van der Waals surface area contributed by atoms with Gasteiger partial charge in [0, 0.05) is 5.69 Å². The van der Waals surface area contributed by atoms with Crippen molar-refractivity contribution in [2.45, 2.75) is 13.0 Å². The van der Waals surface area contributed by atoms with Gasteiger partial charge in [-0.2, -0.15) is 0 Å². The van der Waals surface area contributed by atoms with Crippen molar-refractivity contribution in [2.24, 2.45) is 5.92 Å². The number of ether oxygens (including phenoxy) is 2. The Balaban J connectivity index is 1.81. The molecule has 0 aliphatic heterocycles. The molecule has 3 aromatic rings. The lowest BCUT2D eigenvalue weighted by atomic mass is 9.94. The normalized spacial score (nSPS) is 12.7. The van der Waals surface area contributed by atoms with Crippen LogP contribution in [0.15, 0.2) is 84.9 Å². The summed E-state index contributed by atoms with van der Waals surface area (Å²) in [5, 5.41) is 3.46. The number of nitrogens with one attached hydrogen (secondary N) is 1. The lowest BCUT2D eigenvalue weighted by molar-refractivity contribution is -0.138. The van der Waals surface area contributed by atoms with Gasteiger partial charge in [0.1, 0.15) is 11.5 Å². The molecule has 138 valence electrons. The van der Waals surface area contributed by atoms with E-state index in [0.29, 0.717) is 5.75 Å². The van der Waals surface area contributed by atoms with Crippen LogP contribution in [0.25, 0.3) is 0 Å². The third-order valence-corrected chi connectivity index (χ3v) is 4.40. The van der Waals surface area contributed by atoms with Crippen LogP contribution in [0.5, 0.6) is 11.5 Å². The number of benzene rings is 3. The Hall–Kier alpha value is -3.27. The van der Waals surface area contributed by atoms with Gasteiger partial charge in [-0.15, -0.1) is 0 Å². The summed E-state index contributed by atoms with van der Waals surface area (Å²) in [5.41, 5.74) is 1.93. The fraction of sp³-hybridized carbons (Fsp3) is 0.174. The highest BCUT2D eigenvalue weighted by atomic mass is 16.5. The zero-order chi connectivity index (χ0) is 19.1. The number of hydrogen-bond acceptors (Lipinski definition) is 4. The highest BCUT2D eigenvalue weighted by molar-refractivity contribution is 5.76. The Kier molecular flexibility index (Phi) is 6.10. The third-order valence-electron chi connectivity index (χ3n) is 4.40. The van der Waals surface area contributed by atoms with Gasteiger partial charge in [-0.25, -0.2) is 0 Å². The van der Waals surface area contributed by atoms with Gasteiger partial charge in [-0.3, -0.25) is 4.79 Å². The number of methoxy groups -OCH3 is 1. The van der Waals surface area contributed by atoms with Gasteiger partial charge in [-0.05, 0) is 48.9 Å². The van der Waals surface area contributed by atoms with Gasteiger partial charge in [-0.1, -0.05) is 48.5 Å². The van der Waals surface area contributed by atoms with Crippen molar-refractivity contribution in [1.29, 1.82) is 0 Å². The van der Waals surface area contributed by atoms with Gasteiger partial charge < -0.3 is 14.8 Å². The molecule has 0 aromatic heterocycles. The molecule has 2 atom stereocenters. The van der Waals surface area contributed by atoms with E-state index in [0.717, 1.165) is 17.0 Å². The molecule has 0 unspecified atom stereocenters. The molecule has 3 rings (SSSR count). The molecule has 27 heavy (non-hydrogen) atoms. The summed E-state index contributed by atoms with van der Waals surface area (Å²) in [7, 11) is 1.64. The van der Waals surface area contributed by atoms with E-state index in [1.165, 1.54) is 0 Å². The van der Waals surface area contributed by atoms with Gasteiger partial charge in [0.2, 0.25) is 0 Å². The van der Waals surface area contributed by atoms with E-state index in [9.17, 15) is 4.79 Å². The Morgan fingerprint density at radius 2 is 1.41 bits per heavy atom. The molecular weight excluding hydrogens is 338 g/mol. The minimum atomic E-state index is -0.394. The standard InChI is InChI=1S/C23H23NO3/c1-17(23(25)27-21-11-7-4-8-12-21)22(18-9-5-3-6-10-18)24-19-13-15-20(26-2)16-14-19/h3-17,22,24H,1-2H3/t17-,22-/m1/s1. The van der Waals surface area contributed by atoms with Crippen molar-refractivity contribution >= 4 is 11.7 Å². The maximum atomic E-state index is 12.7. The summed E-state index contributed by atoms with van der Waals surface area (Å²) in [6, 6.07) is 26.5. The molecule has 0 heterocycles. The van der Waals surface area contributed by atoms with Crippen LogP contribution in [0, 0.1) is 5.92 Å². The highest BCUT2D eigenvalue weighted by Crippen LogP contribution is 2.29. The predicted octanol–water partition coefficient (Wildman–Crippen LogP) is 5.09. The van der Waals surface area contributed by atoms with Gasteiger partial charge in [0.15, 0.2) is 0 Å². The second-order valence-electron chi connectivity index (χ2n) is 6.28. The number of carbonyl (C=O) groups excluding carboxylic acids is 1. The van der Waals surface area contributed by atoms with Crippen LogP contribution in [0.3, 0.4) is 0 Å². The van der Waals surface area contributed by atoms with Crippen molar-refractivity contribution in [2.75, 3.05) is 12.4 Å². The maximum absolute atomic E-state index is 12.7. The van der Waals surface area contributed by atoms with E-state index in [4.69, 9.17) is 9.47 Å². The molecule has 3 aromatic carbocycles. The summed E-state index contributed by atoms with van der Waals surface area (Å²) in [6.07, 6.45) is 0. The first-order valence-corrected chi connectivity index (χ1v) is 8.89. The Morgan fingerprint density at radius 1 is 0.815 bits per heavy atom. The second kappa shape index (κ2) is 8.90. The van der Waals surface area contributed by atoms with Crippen LogP contribution in [0.1, 0.15) is 18.5 Å². The molecule has 0 bridgehead atoms. The monoisotopic (exact) mass is 361 g/mol. The molecule has 0 spiro atoms. The molecule has 0 aliphatic rings. The highest BCUT2D eigenvalue weighted by Gasteiger charge is 2.27. The molecule has 0 aliphatic carbocycles. The van der Waals surface area contributed by atoms with Gasteiger partial charge in [0.25, 0.3) is 0 Å².